The molecule has 2 aliphatic rings. The number of hydrogen-bond acceptors (Lipinski definition) is 5. The molecular formula is C24H26N2O4. The molecule has 0 N–H and O–H groups in total. The smallest absolute Gasteiger partial charge is 0.410 e. The molecule has 0 radical (unpaired) electrons. The molecule has 156 valence electrons. The number of nitrogens with zero attached hydrogens (tertiary/aromatic N) is 2. The van der Waals surface area contributed by atoms with Gasteiger partial charge in [-0.3, -0.25) is 9.78 Å². The van der Waals surface area contributed by atoms with E-state index in [1.54, 1.807) is 23.2 Å². The maximum atomic E-state index is 12.4. The fourth-order valence-electron chi connectivity index (χ4n) is 3.95. The lowest BCUT2D eigenvalue weighted by atomic mass is 9.83. The average molecular weight is 406 g/mol. The Labute approximate surface area is 176 Å². The van der Waals surface area contributed by atoms with Crippen molar-refractivity contribution in [3.63, 3.8) is 0 Å². The van der Waals surface area contributed by atoms with Gasteiger partial charge in [-0.25, -0.2) is 4.79 Å². The van der Waals surface area contributed by atoms with Gasteiger partial charge in [-0.05, 0) is 32.4 Å². The lowest BCUT2D eigenvalue weighted by Crippen LogP contribution is -2.49. The van der Waals surface area contributed by atoms with Gasteiger partial charge in [0.25, 0.3) is 0 Å². The molecule has 3 heterocycles. The zero-order chi connectivity index (χ0) is 21.5. The molecule has 1 saturated heterocycles. The summed E-state index contributed by atoms with van der Waals surface area (Å²) < 4.78 is 11.8. The van der Waals surface area contributed by atoms with Crippen molar-refractivity contribution in [2.75, 3.05) is 13.1 Å². The number of aromatic nitrogens is 1. The van der Waals surface area contributed by atoms with Crippen molar-refractivity contribution < 1.29 is 19.1 Å². The van der Waals surface area contributed by atoms with Gasteiger partial charge in [0.15, 0.2) is 0 Å². The second-order valence-corrected chi connectivity index (χ2v) is 8.85. The minimum Gasteiger partial charge on any atom is -0.480 e. The minimum atomic E-state index is -0.512. The molecule has 1 aromatic heterocycles. The van der Waals surface area contributed by atoms with Crippen LogP contribution in [0.2, 0.25) is 0 Å². The van der Waals surface area contributed by atoms with Crippen molar-refractivity contribution in [2.45, 2.75) is 44.8 Å². The van der Waals surface area contributed by atoms with Gasteiger partial charge in [-0.1, -0.05) is 30.8 Å². The molecule has 2 aliphatic heterocycles. The predicted molar refractivity (Wildman–Crippen MR) is 114 cm³/mol. The molecule has 2 aromatic rings. The number of piperidine rings is 1. The van der Waals surface area contributed by atoms with Crippen molar-refractivity contribution in [1.29, 1.82) is 0 Å². The van der Waals surface area contributed by atoms with Gasteiger partial charge in [0.05, 0.1) is 11.9 Å². The number of fused-ring (bicyclic) bond motifs is 1. The topological polar surface area (TPSA) is 68.7 Å². The van der Waals surface area contributed by atoms with E-state index in [2.05, 4.69) is 11.6 Å². The zero-order valence-electron chi connectivity index (χ0n) is 17.6. The van der Waals surface area contributed by atoms with Crippen LogP contribution in [-0.2, 0) is 4.74 Å². The molecule has 0 bridgehead atoms. The third-order valence-corrected chi connectivity index (χ3v) is 5.61. The van der Waals surface area contributed by atoms with Crippen LogP contribution in [0.15, 0.2) is 43.1 Å². The summed E-state index contributed by atoms with van der Waals surface area (Å²) in [4.78, 5) is 29.5. The van der Waals surface area contributed by atoms with E-state index < -0.39 is 11.2 Å². The van der Waals surface area contributed by atoms with Crippen LogP contribution in [0.4, 0.5) is 4.79 Å². The molecule has 6 heteroatoms. The van der Waals surface area contributed by atoms with Crippen molar-refractivity contribution in [3.8, 4) is 17.0 Å². The van der Waals surface area contributed by atoms with E-state index >= 15 is 0 Å². The molecule has 30 heavy (non-hydrogen) atoms. The van der Waals surface area contributed by atoms with Gasteiger partial charge in [-0.15, -0.1) is 0 Å². The van der Waals surface area contributed by atoms with Crippen LogP contribution in [0.3, 0.4) is 0 Å². The number of amides is 1. The van der Waals surface area contributed by atoms with E-state index in [4.69, 9.17) is 9.47 Å². The lowest BCUT2D eigenvalue weighted by molar-refractivity contribution is 0.00445. The van der Waals surface area contributed by atoms with Crippen LogP contribution in [0.5, 0.6) is 5.75 Å². The number of hydrogen-bond donors (Lipinski definition) is 0. The maximum absolute atomic E-state index is 12.4. The summed E-state index contributed by atoms with van der Waals surface area (Å²) in [7, 11) is 0. The molecule has 0 atom stereocenters. The molecule has 1 amide bonds. The second-order valence-electron chi connectivity index (χ2n) is 8.85. The van der Waals surface area contributed by atoms with Gasteiger partial charge in [0.1, 0.15) is 23.2 Å². The Morgan fingerprint density at radius 1 is 1.23 bits per heavy atom. The Balaban J connectivity index is 1.50. The normalized spacial score (nSPS) is 17.4. The molecule has 6 nitrogen and oxygen atoms in total. The lowest BCUT2D eigenvalue weighted by Gasteiger charge is -2.39. The fourth-order valence-corrected chi connectivity index (χ4v) is 3.95. The first-order valence-corrected chi connectivity index (χ1v) is 10.1. The number of benzene rings is 1. The third-order valence-electron chi connectivity index (χ3n) is 5.61. The van der Waals surface area contributed by atoms with Crippen LogP contribution < -0.4 is 4.74 Å². The van der Waals surface area contributed by atoms with Crippen molar-refractivity contribution in [3.05, 3.63) is 54.2 Å². The highest BCUT2D eigenvalue weighted by molar-refractivity contribution is 5.82. The van der Waals surface area contributed by atoms with E-state index in [0.29, 0.717) is 31.5 Å². The van der Waals surface area contributed by atoms with Crippen LogP contribution in [0.1, 0.15) is 49.5 Å². The highest BCUT2D eigenvalue weighted by Crippen LogP contribution is 2.48. The Morgan fingerprint density at radius 3 is 2.50 bits per heavy atom. The number of rotatable bonds is 2. The number of carbonyl (C=O) groups excluding carboxylic acids is 2. The maximum Gasteiger partial charge on any atom is 0.410 e. The van der Waals surface area contributed by atoms with Crippen molar-refractivity contribution in [2.24, 2.45) is 0 Å². The number of likely N-dealkylation sites (tertiary alicyclic amines) is 1. The first-order valence-electron chi connectivity index (χ1n) is 10.1. The quantitative estimate of drug-likeness (QED) is 0.674. The molecule has 0 saturated carbocycles. The summed E-state index contributed by atoms with van der Waals surface area (Å²) in [6, 6.07) is 9.30. The van der Waals surface area contributed by atoms with Crippen molar-refractivity contribution in [1.82, 2.24) is 9.88 Å². The molecule has 4 rings (SSSR count). The van der Waals surface area contributed by atoms with Gasteiger partial charge in [-0.2, -0.15) is 0 Å². The minimum absolute atomic E-state index is 0.291. The molecule has 1 spiro atoms. The monoisotopic (exact) mass is 406 g/mol. The van der Waals surface area contributed by atoms with Crippen LogP contribution in [0.25, 0.3) is 16.8 Å². The molecule has 1 fully saturated rings. The van der Waals surface area contributed by atoms with Crippen LogP contribution in [-0.4, -0.2) is 46.6 Å². The summed E-state index contributed by atoms with van der Waals surface area (Å²) in [5.74, 6) is 0.721. The second kappa shape index (κ2) is 7.27. The first kappa shape index (κ1) is 20.1. The molecule has 0 aliphatic carbocycles. The summed E-state index contributed by atoms with van der Waals surface area (Å²) in [5, 5.41) is 0. The summed E-state index contributed by atoms with van der Waals surface area (Å²) >= 11 is 0. The van der Waals surface area contributed by atoms with Crippen LogP contribution in [0, 0.1) is 0 Å². The van der Waals surface area contributed by atoms with Crippen LogP contribution >= 0.6 is 0 Å². The molecular weight excluding hydrogens is 380 g/mol. The third kappa shape index (κ3) is 3.70. The number of ether oxygens (including phenoxy) is 2. The van der Waals surface area contributed by atoms with Gasteiger partial charge < -0.3 is 14.4 Å². The van der Waals surface area contributed by atoms with Gasteiger partial charge in [0, 0.05) is 42.6 Å². The summed E-state index contributed by atoms with van der Waals surface area (Å²) in [6.07, 6.45) is 3.58. The Hall–Kier alpha value is -3.15. The van der Waals surface area contributed by atoms with E-state index in [1.807, 2.05) is 39.0 Å². The molecule has 0 unspecified atom stereocenters. The Morgan fingerprint density at radius 2 is 1.90 bits per heavy atom. The zero-order valence-corrected chi connectivity index (χ0v) is 17.6. The van der Waals surface area contributed by atoms with E-state index in [1.165, 1.54) is 0 Å². The summed E-state index contributed by atoms with van der Waals surface area (Å²) in [5.41, 5.74) is 3.21. The predicted octanol–water partition coefficient (Wildman–Crippen LogP) is 4.74. The highest BCUT2D eigenvalue weighted by Gasteiger charge is 2.46. The molecule has 1 aromatic carbocycles. The van der Waals surface area contributed by atoms with Gasteiger partial charge >= 0.3 is 6.09 Å². The summed E-state index contributed by atoms with van der Waals surface area (Å²) in [6.45, 7) is 11.0. The SMILES string of the molecule is C=C1c2cc(-c3ccc(C=O)cc3)ncc2OC12CCN(C(=O)OC(C)(C)C)CC2. The van der Waals surface area contributed by atoms with E-state index in [0.717, 1.165) is 34.4 Å². The van der Waals surface area contributed by atoms with E-state index in [-0.39, 0.29) is 6.09 Å². The standard InChI is InChI=1S/C24H26N2O4/c1-16-19-13-20(18-7-5-17(15-27)6-8-18)25-14-21(19)29-24(16)9-11-26(12-10-24)22(28)30-23(2,3)4/h5-8,13-15H,1,9-12H2,2-4H3. The first-order chi connectivity index (χ1) is 14.2. The fraction of sp³-hybridized carbons (Fsp3) is 0.375. The number of pyridine rings is 1. The Kier molecular flexibility index (Phi) is 4.88. The number of aldehydes is 1. The van der Waals surface area contributed by atoms with E-state index in [9.17, 15) is 9.59 Å². The van der Waals surface area contributed by atoms with Crippen molar-refractivity contribution >= 4 is 18.0 Å². The number of carbonyl (C=O) groups is 2. The Bertz CT molecular complexity index is 997. The highest BCUT2D eigenvalue weighted by atomic mass is 16.6. The average Bonchev–Trinajstić information content (AvgIpc) is 2.98. The largest absolute Gasteiger partial charge is 0.480 e. The van der Waals surface area contributed by atoms with Gasteiger partial charge in [0.2, 0.25) is 0 Å².